The predicted octanol–water partition coefficient (Wildman–Crippen LogP) is 0.395. The van der Waals surface area contributed by atoms with Crippen LogP contribution in [-0.2, 0) is 9.59 Å². The molecule has 0 radical (unpaired) electrons. The molecule has 0 spiro atoms. The molecule has 6 heteroatoms. The van der Waals surface area contributed by atoms with Gasteiger partial charge in [0.25, 0.3) is 11.8 Å². The number of rotatable bonds is 3. The second-order valence-electron chi connectivity index (χ2n) is 4.25. The number of hydrogen-bond donors (Lipinski definition) is 1. The van der Waals surface area contributed by atoms with Gasteiger partial charge in [-0.05, 0) is 25.1 Å². The van der Waals surface area contributed by atoms with Crippen molar-refractivity contribution in [3.05, 3.63) is 24.4 Å². The first-order valence-corrected chi connectivity index (χ1v) is 6.28. The Morgan fingerprint density at radius 3 is 2.61 bits per heavy atom. The first kappa shape index (κ1) is 12.8. The van der Waals surface area contributed by atoms with Gasteiger partial charge in [-0.3, -0.25) is 19.8 Å². The zero-order valence-electron chi connectivity index (χ0n) is 10.0. The Bertz CT molecular complexity index is 439. The van der Waals surface area contributed by atoms with E-state index in [9.17, 15) is 9.59 Å². The van der Waals surface area contributed by atoms with Gasteiger partial charge in [-0.1, -0.05) is 6.08 Å². The first-order valence-electron chi connectivity index (χ1n) is 5.87. The van der Waals surface area contributed by atoms with Crippen LogP contribution in [0.2, 0.25) is 0 Å². The molecule has 0 aliphatic carbocycles. The van der Waals surface area contributed by atoms with E-state index in [1.165, 1.54) is 4.90 Å². The number of thiocarbonyl (C=S) groups is 1. The number of nitrogens with zero attached hydrogens (tertiary/aromatic N) is 2. The van der Waals surface area contributed by atoms with Crippen molar-refractivity contribution in [3.8, 4) is 0 Å². The summed E-state index contributed by atoms with van der Waals surface area (Å²) in [7, 11) is 0. The van der Waals surface area contributed by atoms with Crippen molar-refractivity contribution in [3.63, 3.8) is 0 Å². The molecule has 2 rings (SSSR count). The maximum absolute atomic E-state index is 12.2. The molecule has 1 N–H and O–H groups in total. The lowest BCUT2D eigenvalue weighted by Gasteiger charge is -2.28. The summed E-state index contributed by atoms with van der Waals surface area (Å²) in [5.41, 5.74) is 0.146. The Hall–Kier alpha value is -1.69. The van der Waals surface area contributed by atoms with Gasteiger partial charge in [0, 0.05) is 25.8 Å². The molecule has 2 saturated heterocycles. The van der Waals surface area contributed by atoms with Crippen LogP contribution < -0.4 is 5.32 Å². The highest BCUT2D eigenvalue weighted by atomic mass is 32.1. The van der Waals surface area contributed by atoms with E-state index in [2.05, 4.69) is 11.9 Å². The molecule has 0 bridgehead atoms. The SMILES string of the molecule is C=CCN1C(=O)C(=CN2CCCC2)C(=O)NC1=S. The highest BCUT2D eigenvalue weighted by molar-refractivity contribution is 7.80. The minimum Gasteiger partial charge on any atom is -0.377 e. The molecule has 18 heavy (non-hydrogen) atoms. The lowest BCUT2D eigenvalue weighted by Crippen LogP contribution is -2.54. The Morgan fingerprint density at radius 1 is 1.33 bits per heavy atom. The van der Waals surface area contributed by atoms with E-state index >= 15 is 0 Å². The maximum Gasteiger partial charge on any atom is 0.267 e. The summed E-state index contributed by atoms with van der Waals surface area (Å²) >= 11 is 4.97. The summed E-state index contributed by atoms with van der Waals surface area (Å²) in [5.74, 6) is -0.771. The van der Waals surface area contributed by atoms with E-state index in [4.69, 9.17) is 12.2 Å². The summed E-state index contributed by atoms with van der Waals surface area (Å²) in [6.07, 6.45) is 5.40. The van der Waals surface area contributed by atoms with Crippen LogP contribution in [-0.4, -0.2) is 46.4 Å². The Labute approximate surface area is 111 Å². The lowest BCUT2D eigenvalue weighted by molar-refractivity contribution is -0.128. The molecular weight excluding hydrogens is 250 g/mol. The summed E-state index contributed by atoms with van der Waals surface area (Å²) in [5, 5.41) is 2.67. The molecule has 0 saturated carbocycles. The summed E-state index contributed by atoms with van der Waals surface area (Å²) < 4.78 is 0. The van der Waals surface area contributed by atoms with Crippen LogP contribution in [0.5, 0.6) is 0 Å². The zero-order valence-corrected chi connectivity index (χ0v) is 10.8. The van der Waals surface area contributed by atoms with Gasteiger partial charge in [0.2, 0.25) is 0 Å². The van der Waals surface area contributed by atoms with E-state index in [0.717, 1.165) is 25.9 Å². The number of carbonyl (C=O) groups excluding carboxylic acids is 2. The van der Waals surface area contributed by atoms with Crippen LogP contribution in [0.1, 0.15) is 12.8 Å². The second kappa shape index (κ2) is 5.30. The molecular formula is C12H15N3O2S. The van der Waals surface area contributed by atoms with Crippen molar-refractivity contribution in [2.24, 2.45) is 0 Å². The van der Waals surface area contributed by atoms with Crippen molar-refractivity contribution in [2.45, 2.75) is 12.8 Å². The van der Waals surface area contributed by atoms with E-state index < -0.39 is 5.91 Å². The van der Waals surface area contributed by atoms with Gasteiger partial charge in [-0.15, -0.1) is 6.58 Å². The largest absolute Gasteiger partial charge is 0.377 e. The fraction of sp³-hybridized carbons (Fsp3) is 0.417. The molecule has 0 unspecified atom stereocenters. The Kier molecular flexibility index (Phi) is 3.76. The van der Waals surface area contributed by atoms with Gasteiger partial charge in [-0.2, -0.15) is 0 Å². The fourth-order valence-electron chi connectivity index (χ4n) is 2.03. The van der Waals surface area contributed by atoms with Crippen LogP contribution in [0.3, 0.4) is 0 Å². The molecule has 2 fully saturated rings. The fourth-order valence-corrected chi connectivity index (χ4v) is 2.28. The molecule has 0 aromatic rings. The summed E-state index contributed by atoms with van der Waals surface area (Å²) in [6, 6.07) is 0. The molecule has 96 valence electrons. The van der Waals surface area contributed by atoms with Crippen LogP contribution in [0.4, 0.5) is 0 Å². The normalized spacial score (nSPS) is 22.7. The van der Waals surface area contributed by atoms with Gasteiger partial charge >= 0.3 is 0 Å². The number of hydrogen-bond acceptors (Lipinski definition) is 4. The van der Waals surface area contributed by atoms with Crippen LogP contribution in [0.15, 0.2) is 24.4 Å². The third kappa shape index (κ3) is 2.43. The van der Waals surface area contributed by atoms with E-state index in [0.29, 0.717) is 6.54 Å². The van der Waals surface area contributed by atoms with Crippen molar-refractivity contribution in [1.29, 1.82) is 0 Å². The third-order valence-electron chi connectivity index (χ3n) is 2.95. The van der Waals surface area contributed by atoms with Crippen molar-refractivity contribution < 1.29 is 9.59 Å². The minimum absolute atomic E-state index is 0.142. The van der Waals surface area contributed by atoms with E-state index in [-0.39, 0.29) is 16.6 Å². The molecule has 2 aliphatic heterocycles. The maximum atomic E-state index is 12.2. The highest BCUT2D eigenvalue weighted by Crippen LogP contribution is 2.14. The number of amides is 2. The van der Waals surface area contributed by atoms with Crippen LogP contribution in [0.25, 0.3) is 0 Å². The van der Waals surface area contributed by atoms with Gasteiger partial charge in [0.1, 0.15) is 5.57 Å². The molecule has 2 amide bonds. The van der Waals surface area contributed by atoms with Gasteiger partial charge in [-0.25, -0.2) is 0 Å². The molecule has 2 aliphatic rings. The van der Waals surface area contributed by atoms with E-state index in [1.807, 2.05) is 4.90 Å². The first-order chi connectivity index (χ1) is 8.63. The molecule has 2 heterocycles. The monoisotopic (exact) mass is 265 g/mol. The number of carbonyl (C=O) groups is 2. The summed E-state index contributed by atoms with van der Waals surface area (Å²) in [6.45, 7) is 5.65. The van der Waals surface area contributed by atoms with Crippen LogP contribution >= 0.6 is 12.2 Å². The topological polar surface area (TPSA) is 52.7 Å². The van der Waals surface area contributed by atoms with Gasteiger partial charge < -0.3 is 4.90 Å². The number of likely N-dealkylation sites (tertiary alicyclic amines) is 1. The predicted molar refractivity (Wildman–Crippen MR) is 71.5 cm³/mol. The minimum atomic E-state index is -0.419. The molecule has 0 aromatic carbocycles. The molecule has 5 nitrogen and oxygen atoms in total. The number of nitrogens with one attached hydrogen (secondary N) is 1. The standard InChI is InChI=1S/C12H15N3O2S/c1-2-5-15-11(17)9(10(16)13-12(15)18)8-14-6-3-4-7-14/h2,8H,1,3-7H2,(H,13,16,18). The van der Waals surface area contributed by atoms with Crippen molar-refractivity contribution in [2.75, 3.05) is 19.6 Å². The van der Waals surface area contributed by atoms with E-state index in [1.54, 1.807) is 12.3 Å². The van der Waals surface area contributed by atoms with Crippen LogP contribution in [0, 0.1) is 0 Å². The molecule has 0 atom stereocenters. The summed E-state index contributed by atoms with van der Waals surface area (Å²) in [4.78, 5) is 27.3. The smallest absolute Gasteiger partial charge is 0.267 e. The zero-order chi connectivity index (χ0) is 13.1. The van der Waals surface area contributed by atoms with Gasteiger partial charge in [0.15, 0.2) is 5.11 Å². The average Bonchev–Trinajstić information content (AvgIpc) is 2.83. The Balaban J connectivity index is 2.22. The van der Waals surface area contributed by atoms with Gasteiger partial charge in [0.05, 0.1) is 0 Å². The highest BCUT2D eigenvalue weighted by Gasteiger charge is 2.33. The quantitative estimate of drug-likeness (QED) is 0.347. The van der Waals surface area contributed by atoms with Crippen molar-refractivity contribution >= 4 is 29.1 Å². The van der Waals surface area contributed by atoms with Crippen molar-refractivity contribution in [1.82, 2.24) is 15.1 Å². The lowest BCUT2D eigenvalue weighted by atomic mass is 10.2. The second-order valence-corrected chi connectivity index (χ2v) is 4.64. The Morgan fingerprint density at radius 2 is 2.00 bits per heavy atom. The average molecular weight is 265 g/mol. The third-order valence-corrected chi connectivity index (χ3v) is 3.27. The molecule has 0 aromatic heterocycles.